The molecular weight excluding hydrogens is 356 g/mol. The Hall–Kier alpha value is -0.490. The topological polar surface area (TPSA) is 12.0 Å². The summed E-state index contributed by atoms with van der Waals surface area (Å²) in [5.41, 5.74) is 0.630. The first-order valence-electron chi connectivity index (χ1n) is 5.66. The van der Waals surface area contributed by atoms with Crippen LogP contribution in [0.5, 0.6) is 0 Å². The molecule has 0 amide bonds. The molecular formula is C13H11BrClF2NS. The first-order valence-corrected chi connectivity index (χ1v) is 7.71. The molecule has 0 aliphatic heterocycles. The molecule has 0 spiro atoms. The third kappa shape index (κ3) is 2.99. The Kier molecular flexibility index (Phi) is 4.95. The number of rotatable bonds is 4. The standard InChI is InChI=1S/C13H11BrClF2NS/c1-2-18-12(13-8(15)5-6-19-13)7-3-4-9(16)11(17)10(7)14/h3-6,12,18H,2H2,1H3. The van der Waals surface area contributed by atoms with Gasteiger partial charge in [0.1, 0.15) is 0 Å². The molecule has 0 fully saturated rings. The molecule has 1 unspecified atom stereocenters. The maximum absolute atomic E-state index is 13.7. The highest BCUT2D eigenvalue weighted by molar-refractivity contribution is 9.10. The lowest BCUT2D eigenvalue weighted by Gasteiger charge is -2.19. The fraction of sp³-hybridized carbons (Fsp3) is 0.231. The summed E-state index contributed by atoms with van der Waals surface area (Å²) in [6, 6.07) is 4.22. The number of thiophene rings is 1. The summed E-state index contributed by atoms with van der Waals surface area (Å²) in [4.78, 5) is 0.884. The maximum atomic E-state index is 13.7. The lowest BCUT2D eigenvalue weighted by Crippen LogP contribution is -2.22. The van der Waals surface area contributed by atoms with Crippen LogP contribution in [0, 0.1) is 11.6 Å². The van der Waals surface area contributed by atoms with Gasteiger partial charge in [-0.15, -0.1) is 11.3 Å². The van der Waals surface area contributed by atoms with Crippen molar-refractivity contribution >= 4 is 38.9 Å². The van der Waals surface area contributed by atoms with Crippen LogP contribution in [0.3, 0.4) is 0 Å². The van der Waals surface area contributed by atoms with Gasteiger partial charge in [0.05, 0.1) is 15.5 Å². The van der Waals surface area contributed by atoms with E-state index in [4.69, 9.17) is 11.6 Å². The van der Waals surface area contributed by atoms with Gasteiger partial charge in [-0.1, -0.05) is 24.6 Å². The first-order chi connectivity index (χ1) is 9.06. The lowest BCUT2D eigenvalue weighted by atomic mass is 10.0. The quantitative estimate of drug-likeness (QED) is 0.739. The molecule has 1 atom stereocenters. The molecule has 0 saturated carbocycles. The van der Waals surface area contributed by atoms with E-state index >= 15 is 0 Å². The van der Waals surface area contributed by atoms with E-state index in [0.717, 1.165) is 10.9 Å². The van der Waals surface area contributed by atoms with Gasteiger partial charge in [-0.2, -0.15) is 0 Å². The van der Waals surface area contributed by atoms with Gasteiger partial charge in [-0.05, 0) is 45.6 Å². The molecule has 1 aromatic heterocycles. The summed E-state index contributed by atoms with van der Waals surface area (Å²) in [6.45, 7) is 2.63. The Labute approximate surface area is 127 Å². The minimum atomic E-state index is -0.881. The van der Waals surface area contributed by atoms with E-state index in [1.54, 1.807) is 12.1 Å². The number of nitrogens with one attached hydrogen (secondary N) is 1. The van der Waals surface area contributed by atoms with E-state index in [0.29, 0.717) is 17.1 Å². The molecule has 19 heavy (non-hydrogen) atoms. The van der Waals surface area contributed by atoms with Crippen LogP contribution >= 0.6 is 38.9 Å². The zero-order valence-electron chi connectivity index (χ0n) is 10.0. The van der Waals surface area contributed by atoms with Crippen molar-refractivity contribution in [3.05, 3.63) is 55.1 Å². The normalized spacial score (nSPS) is 12.7. The molecule has 1 aromatic carbocycles. The van der Waals surface area contributed by atoms with E-state index in [-0.39, 0.29) is 10.5 Å². The number of hydrogen-bond acceptors (Lipinski definition) is 2. The smallest absolute Gasteiger partial charge is 0.173 e. The van der Waals surface area contributed by atoms with Crippen LogP contribution in [0.2, 0.25) is 5.02 Å². The van der Waals surface area contributed by atoms with Gasteiger partial charge in [0.2, 0.25) is 0 Å². The summed E-state index contributed by atoms with van der Waals surface area (Å²) in [6.07, 6.45) is 0. The Morgan fingerprint density at radius 1 is 1.37 bits per heavy atom. The van der Waals surface area contributed by atoms with E-state index < -0.39 is 11.6 Å². The van der Waals surface area contributed by atoms with Crippen molar-refractivity contribution in [1.82, 2.24) is 5.32 Å². The minimum absolute atomic E-state index is 0.128. The zero-order valence-corrected chi connectivity index (χ0v) is 13.2. The Morgan fingerprint density at radius 2 is 2.11 bits per heavy atom. The predicted molar refractivity (Wildman–Crippen MR) is 78.9 cm³/mol. The Morgan fingerprint density at radius 3 is 2.68 bits per heavy atom. The van der Waals surface area contributed by atoms with Crippen LogP contribution in [0.1, 0.15) is 23.4 Å². The maximum Gasteiger partial charge on any atom is 0.173 e. The zero-order chi connectivity index (χ0) is 14.0. The highest BCUT2D eigenvalue weighted by atomic mass is 79.9. The van der Waals surface area contributed by atoms with Crippen molar-refractivity contribution in [1.29, 1.82) is 0 Å². The second-order valence-corrected chi connectivity index (χ2v) is 6.04. The molecule has 1 N–H and O–H groups in total. The predicted octanol–water partition coefficient (Wildman–Crippen LogP) is 5.14. The molecule has 1 nitrogen and oxygen atoms in total. The Balaban J connectivity index is 2.52. The van der Waals surface area contributed by atoms with E-state index in [1.165, 1.54) is 11.3 Å². The van der Waals surface area contributed by atoms with Gasteiger partial charge >= 0.3 is 0 Å². The summed E-state index contributed by atoms with van der Waals surface area (Å²) in [7, 11) is 0. The molecule has 0 aliphatic carbocycles. The molecule has 0 bridgehead atoms. The van der Waals surface area contributed by atoms with Crippen molar-refractivity contribution in [2.75, 3.05) is 6.54 Å². The summed E-state index contributed by atoms with van der Waals surface area (Å²) in [5, 5.41) is 5.73. The van der Waals surface area contributed by atoms with Gasteiger partial charge in [0.15, 0.2) is 11.6 Å². The third-order valence-corrected chi connectivity index (χ3v) is 4.92. The van der Waals surface area contributed by atoms with Crippen LogP contribution < -0.4 is 5.32 Å². The van der Waals surface area contributed by atoms with Crippen molar-refractivity contribution in [2.45, 2.75) is 13.0 Å². The van der Waals surface area contributed by atoms with Crippen molar-refractivity contribution in [3.63, 3.8) is 0 Å². The fourth-order valence-corrected chi connectivity index (χ4v) is 3.63. The van der Waals surface area contributed by atoms with Gasteiger partial charge in [0.25, 0.3) is 0 Å². The Bertz CT molecular complexity index is 588. The molecule has 102 valence electrons. The molecule has 1 heterocycles. The average Bonchev–Trinajstić information content (AvgIpc) is 2.80. The molecule has 0 radical (unpaired) electrons. The minimum Gasteiger partial charge on any atom is -0.306 e. The monoisotopic (exact) mass is 365 g/mol. The lowest BCUT2D eigenvalue weighted by molar-refractivity contribution is 0.499. The van der Waals surface area contributed by atoms with Gasteiger partial charge in [-0.3, -0.25) is 0 Å². The second-order valence-electron chi connectivity index (χ2n) is 3.89. The molecule has 2 rings (SSSR count). The third-order valence-electron chi connectivity index (χ3n) is 2.69. The molecule has 0 saturated heterocycles. The number of hydrogen-bond donors (Lipinski definition) is 1. The average molecular weight is 367 g/mol. The summed E-state index contributed by atoms with van der Waals surface area (Å²) < 4.78 is 27.0. The van der Waals surface area contributed by atoms with E-state index in [9.17, 15) is 8.78 Å². The van der Waals surface area contributed by atoms with Crippen LogP contribution in [-0.4, -0.2) is 6.54 Å². The van der Waals surface area contributed by atoms with Crippen LogP contribution in [0.25, 0.3) is 0 Å². The number of benzene rings is 1. The largest absolute Gasteiger partial charge is 0.306 e. The van der Waals surface area contributed by atoms with Gasteiger partial charge < -0.3 is 5.32 Å². The van der Waals surface area contributed by atoms with E-state index in [2.05, 4.69) is 21.2 Å². The van der Waals surface area contributed by atoms with Crippen molar-refractivity contribution in [2.24, 2.45) is 0 Å². The second kappa shape index (κ2) is 6.31. The number of halogens is 4. The van der Waals surface area contributed by atoms with Gasteiger partial charge in [-0.25, -0.2) is 8.78 Å². The van der Waals surface area contributed by atoms with Gasteiger partial charge in [0, 0.05) is 4.88 Å². The summed E-state index contributed by atoms with van der Waals surface area (Å²) >= 11 is 10.7. The van der Waals surface area contributed by atoms with Crippen LogP contribution in [0.15, 0.2) is 28.1 Å². The highest BCUT2D eigenvalue weighted by Gasteiger charge is 2.22. The fourth-order valence-electron chi connectivity index (χ4n) is 1.82. The van der Waals surface area contributed by atoms with Crippen LogP contribution in [0.4, 0.5) is 8.78 Å². The van der Waals surface area contributed by atoms with Crippen LogP contribution in [-0.2, 0) is 0 Å². The summed E-state index contributed by atoms with van der Waals surface area (Å²) in [5.74, 6) is -1.75. The van der Waals surface area contributed by atoms with Crippen molar-refractivity contribution < 1.29 is 8.78 Å². The SMILES string of the molecule is CCNC(c1ccc(F)c(F)c1Br)c1sccc1Cl. The van der Waals surface area contributed by atoms with E-state index in [1.807, 2.05) is 12.3 Å². The first kappa shape index (κ1) is 14.9. The molecule has 0 aliphatic rings. The highest BCUT2D eigenvalue weighted by Crippen LogP contribution is 2.37. The van der Waals surface area contributed by atoms with Crippen molar-refractivity contribution in [3.8, 4) is 0 Å². The molecule has 2 aromatic rings. The molecule has 6 heteroatoms.